The van der Waals surface area contributed by atoms with Crippen LogP contribution in [0.5, 0.6) is 5.75 Å². The van der Waals surface area contributed by atoms with Crippen LogP contribution in [0.15, 0.2) is 76.9 Å². The Labute approximate surface area is 193 Å². The van der Waals surface area contributed by atoms with E-state index < -0.39 is 6.03 Å². The highest BCUT2D eigenvalue weighted by atomic mass is 79.9. The fourth-order valence-corrected chi connectivity index (χ4v) is 3.76. The molecule has 1 fully saturated rings. The largest absolute Gasteiger partial charge is 0.488 e. The van der Waals surface area contributed by atoms with E-state index in [1.54, 1.807) is 42.5 Å². The average Bonchev–Trinajstić information content (AvgIpc) is 3.03. The van der Waals surface area contributed by atoms with Gasteiger partial charge in [0.25, 0.3) is 5.91 Å². The van der Waals surface area contributed by atoms with Crippen LogP contribution >= 0.6 is 15.9 Å². The number of carbonyl (C=O) groups excluding carboxylic acids is 2. The second-order valence-corrected chi connectivity index (χ2v) is 8.29. The molecule has 7 heteroatoms. The fourth-order valence-electron chi connectivity index (χ4n) is 3.25. The van der Waals surface area contributed by atoms with Crippen molar-refractivity contribution in [1.29, 1.82) is 0 Å². The number of carbonyl (C=O) groups is 2. The summed E-state index contributed by atoms with van der Waals surface area (Å²) in [6.07, 6.45) is 1.61. The topological polar surface area (TPSA) is 58.6 Å². The molecule has 1 N–H and O–H groups in total. The van der Waals surface area contributed by atoms with E-state index in [0.717, 1.165) is 11.1 Å². The lowest BCUT2D eigenvalue weighted by Crippen LogP contribution is -2.30. The number of imide groups is 1. The van der Waals surface area contributed by atoms with Gasteiger partial charge in [0, 0.05) is 5.56 Å². The molecule has 0 atom stereocenters. The SMILES string of the molecule is Cc1ccc(CN2C(=O)N/C(=C/c3ccc(OCc4ccccc4F)c(Br)c3)C2=O)cc1. The van der Waals surface area contributed by atoms with Gasteiger partial charge in [-0.15, -0.1) is 0 Å². The molecule has 0 aromatic heterocycles. The normalized spacial score (nSPS) is 14.7. The molecule has 3 aromatic rings. The molecule has 3 amide bonds. The summed E-state index contributed by atoms with van der Waals surface area (Å²) in [6, 6.07) is 18.9. The number of urea groups is 1. The van der Waals surface area contributed by atoms with E-state index in [1.165, 1.54) is 11.0 Å². The van der Waals surface area contributed by atoms with Gasteiger partial charge in [0.15, 0.2) is 0 Å². The molecule has 162 valence electrons. The lowest BCUT2D eigenvalue weighted by Gasteiger charge is -2.12. The van der Waals surface area contributed by atoms with Gasteiger partial charge in [-0.1, -0.05) is 54.1 Å². The first-order chi connectivity index (χ1) is 15.4. The monoisotopic (exact) mass is 494 g/mol. The highest BCUT2D eigenvalue weighted by molar-refractivity contribution is 9.10. The van der Waals surface area contributed by atoms with Gasteiger partial charge in [-0.2, -0.15) is 0 Å². The Morgan fingerprint density at radius 1 is 1.06 bits per heavy atom. The zero-order chi connectivity index (χ0) is 22.7. The van der Waals surface area contributed by atoms with E-state index in [4.69, 9.17) is 4.74 Å². The second kappa shape index (κ2) is 9.36. The summed E-state index contributed by atoms with van der Waals surface area (Å²) >= 11 is 3.45. The van der Waals surface area contributed by atoms with Gasteiger partial charge in [0.2, 0.25) is 0 Å². The molecule has 0 radical (unpaired) electrons. The van der Waals surface area contributed by atoms with Gasteiger partial charge in [0.05, 0.1) is 11.0 Å². The van der Waals surface area contributed by atoms with Crippen molar-refractivity contribution in [3.8, 4) is 5.75 Å². The molecular weight excluding hydrogens is 475 g/mol. The molecule has 0 aliphatic carbocycles. The Morgan fingerprint density at radius 2 is 1.81 bits per heavy atom. The predicted octanol–water partition coefficient (Wildman–Crippen LogP) is 5.57. The van der Waals surface area contributed by atoms with Gasteiger partial charge in [-0.25, -0.2) is 9.18 Å². The second-order valence-electron chi connectivity index (χ2n) is 7.44. The van der Waals surface area contributed by atoms with E-state index in [0.29, 0.717) is 21.3 Å². The quantitative estimate of drug-likeness (QED) is 0.360. The maximum Gasteiger partial charge on any atom is 0.329 e. The molecule has 0 spiro atoms. The zero-order valence-electron chi connectivity index (χ0n) is 17.3. The Kier molecular flexibility index (Phi) is 6.37. The molecule has 0 saturated carbocycles. The fraction of sp³-hybridized carbons (Fsp3) is 0.120. The number of amides is 3. The molecule has 0 unspecified atom stereocenters. The number of hydrogen-bond acceptors (Lipinski definition) is 3. The highest BCUT2D eigenvalue weighted by Crippen LogP contribution is 2.28. The molecule has 1 heterocycles. The lowest BCUT2D eigenvalue weighted by molar-refractivity contribution is -0.123. The van der Waals surface area contributed by atoms with Crippen molar-refractivity contribution in [3.05, 3.63) is 105 Å². The number of nitrogens with one attached hydrogen (secondary N) is 1. The smallest absolute Gasteiger partial charge is 0.329 e. The number of aryl methyl sites for hydroxylation is 1. The Hall–Kier alpha value is -3.45. The predicted molar refractivity (Wildman–Crippen MR) is 123 cm³/mol. The molecule has 3 aromatic carbocycles. The van der Waals surface area contributed by atoms with Crippen LogP contribution in [0.3, 0.4) is 0 Å². The lowest BCUT2D eigenvalue weighted by atomic mass is 10.1. The van der Waals surface area contributed by atoms with Crippen molar-refractivity contribution in [2.75, 3.05) is 0 Å². The standard InChI is InChI=1S/C25H20BrFN2O3/c1-16-6-8-17(9-7-16)14-29-24(30)22(28-25(29)31)13-18-10-11-23(20(26)12-18)32-15-19-4-2-3-5-21(19)27/h2-13H,14-15H2,1H3,(H,28,31)/b22-13+. The van der Waals surface area contributed by atoms with Crippen LogP contribution in [-0.4, -0.2) is 16.8 Å². The number of hydrogen-bond donors (Lipinski definition) is 1. The van der Waals surface area contributed by atoms with E-state index in [-0.39, 0.29) is 30.6 Å². The minimum Gasteiger partial charge on any atom is -0.488 e. The van der Waals surface area contributed by atoms with Crippen LogP contribution in [0.25, 0.3) is 6.08 Å². The first kappa shape index (κ1) is 21.8. The third kappa shape index (κ3) is 4.89. The summed E-state index contributed by atoms with van der Waals surface area (Å²) in [5.74, 6) is -0.166. The minimum atomic E-state index is -0.453. The summed E-state index contributed by atoms with van der Waals surface area (Å²) < 4.78 is 20.1. The summed E-state index contributed by atoms with van der Waals surface area (Å²) in [4.78, 5) is 26.2. The van der Waals surface area contributed by atoms with E-state index in [2.05, 4.69) is 21.2 Å². The van der Waals surface area contributed by atoms with E-state index in [1.807, 2.05) is 31.2 Å². The third-order valence-corrected chi connectivity index (χ3v) is 5.65. The van der Waals surface area contributed by atoms with Crippen LogP contribution < -0.4 is 10.1 Å². The molecule has 1 aliphatic heterocycles. The van der Waals surface area contributed by atoms with Crippen molar-refractivity contribution in [1.82, 2.24) is 10.2 Å². The number of benzene rings is 3. The minimum absolute atomic E-state index is 0.0915. The van der Waals surface area contributed by atoms with E-state index in [9.17, 15) is 14.0 Å². The van der Waals surface area contributed by atoms with Crippen LogP contribution in [0.1, 0.15) is 22.3 Å². The molecule has 5 nitrogen and oxygen atoms in total. The third-order valence-electron chi connectivity index (χ3n) is 5.03. The van der Waals surface area contributed by atoms with Crippen molar-refractivity contribution in [3.63, 3.8) is 0 Å². The molecule has 0 bridgehead atoms. The summed E-state index contributed by atoms with van der Waals surface area (Å²) in [7, 11) is 0. The maximum atomic E-state index is 13.8. The average molecular weight is 495 g/mol. The summed E-state index contributed by atoms with van der Waals surface area (Å²) in [6.45, 7) is 2.27. The summed E-state index contributed by atoms with van der Waals surface area (Å²) in [5, 5.41) is 2.63. The van der Waals surface area contributed by atoms with Gasteiger partial charge in [-0.3, -0.25) is 9.69 Å². The molecule has 4 rings (SSSR count). The van der Waals surface area contributed by atoms with Crippen LogP contribution in [-0.2, 0) is 17.9 Å². The number of ether oxygens (including phenoxy) is 1. The molecule has 1 saturated heterocycles. The van der Waals surface area contributed by atoms with Crippen molar-refractivity contribution in [2.24, 2.45) is 0 Å². The van der Waals surface area contributed by atoms with Crippen molar-refractivity contribution >= 4 is 33.9 Å². The highest BCUT2D eigenvalue weighted by Gasteiger charge is 2.33. The Bertz CT molecular complexity index is 1210. The van der Waals surface area contributed by atoms with E-state index >= 15 is 0 Å². The number of rotatable bonds is 6. The Morgan fingerprint density at radius 3 is 2.53 bits per heavy atom. The van der Waals surface area contributed by atoms with Crippen molar-refractivity contribution in [2.45, 2.75) is 20.1 Å². The zero-order valence-corrected chi connectivity index (χ0v) is 18.9. The number of nitrogens with zero attached hydrogens (tertiary/aromatic N) is 1. The summed E-state index contributed by atoms with van der Waals surface area (Å²) in [5.41, 5.74) is 3.35. The van der Waals surface area contributed by atoms with Gasteiger partial charge in [-0.05, 0) is 58.3 Å². The van der Waals surface area contributed by atoms with Crippen LogP contribution in [0.2, 0.25) is 0 Å². The first-order valence-electron chi connectivity index (χ1n) is 9.96. The van der Waals surface area contributed by atoms with Crippen LogP contribution in [0.4, 0.5) is 9.18 Å². The van der Waals surface area contributed by atoms with Gasteiger partial charge >= 0.3 is 6.03 Å². The van der Waals surface area contributed by atoms with Gasteiger partial charge in [0.1, 0.15) is 23.9 Å². The molecule has 32 heavy (non-hydrogen) atoms. The maximum absolute atomic E-state index is 13.8. The Balaban J connectivity index is 1.45. The molecule has 1 aliphatic rings. The van der Waals surface area contributed by atoms with Crippen LogP contribution in [0, 0.1) is 12.7 Å². The van der Waals surface area contributed by atoms with Crippen molar-refractivity contribution < 1.29 is 18.7 Å². The molecular formula is C25H20BrFN2O3. The van der Waals surface area contributed by atoms with Gasteiger partial charge < -0.3 is 10.1 Å². The number of halogens is 2. The first-order valence-corrected chi connectivity index (χ1v) is 10.8.